The van der Waals surface area contributed by atoms with Crippen LogP contribution in [-0.2, 0) is 9.53 Å². The quantitative estimate of drug-likeness (QED) is 0.863. The van der Waals surface area contributed by atoms with Gasteiger partial charge < -0.3 is 15.8 Å². The second-order valence-corrected chi connectivity index (χ2v) is 3.83. The predicted molar refractivity (Wildman–Crippen MR) is 71.5 cm³/mol. The topological polar surface area (TPSA) is 64.3 Å². The summed E-state index contributed by atoms with van der Waals surface area (Å²) in [6.07, 6.45) is -0.233. The van der Waals surface area contributed by atoms with Crippen molar-refractivity contribution in [2.75, 3.05) is 19.0 Å². The first-order valence-electron chi connectivity index (χ1n) is 5.35. The van der Waals surface area contributed by atoms with Gasteiger partial charge in [-0.2, -0.15) is 0 Å². The Kier molecular flexibility index (Phi) is 7.50. The minimum Gasteiger partial charge on any atom is -0.380 e. The van der Waals surface area contributed by atoms with Crippen molar-refractivity contribution in [1.82, 2.24) is 0 Å². The highest BCUT2D eigenvalue weighted by atomic mass is 35.5. The van der Waals surface area contributed by atoms with E-state index < -0.39 is 5.82 Å². The number of aryl methyl sites for hydroxylation is 1. The molecule has 6 heteroatoms. The lowest BCUT2D eigenvalue weighted by molar-refractivity contribution is -0.118. The summed E-state index contributed by atoms with van der Waals surface area (Å²) in [5.41, 5.74) is 6.46. The molecule has 0 aromatic heterocycles. The lowest BCUT2D eigenvalue weighted by atomic mass is 10.2. The molecule has 4 nitrogen and oxygen atoms in total. The zero-order chi connectivity index (χ0) is 12.8. The number of methoxy groups -OCH3 is 1. The molecule has 0 fully saturated rings. The minimum absolute atomic E-state index is 0. The molecule has 3 N–H and O–H groups in total. The Hall–Kier alpha value is -1.17. The van der Waals surface area contributed by atoms with E-state index in [1.165, 1.54) is 13.2 Å². The number of carbonyl (C=O) groups is 1. The molecule has 1 unspecified atom stereocenters. The van der Waals surface area contributed by atoms with Crippen molar-refractivity contribution in [3.8, 4) is 0 Å². The van der Waals surface area contributed by atoms with Crippen LogP contribution >= 0.6 is 12.4 Å². The second-order valence-electron chi connectivity index (χ2n) is 3.83. The summed E-state index contributed by atoms with van der Waals surface area (Å²) in [6, 6.07) is 4.54. The Balaban J connectivity index is 0.00000289. The molecule has 0 saturated heterocycles. The van der Waals surface area contributed by atoms with Crippen molar-refractivity contribution in [3.63, 3.8) is 0 Å². The van der Waals surface area contributed by atoms with Crippen molar-refractivity contribution in [1.29, 1.82) is 0 Å². The van der Waals surface area contributed by atoms with Crippen LogP contribution in [0.1, 0.15) is 12.0 Å². The first-order chi connectivity index (χ1) is 8.06. The van der Waals surface area contributed by atoms with Crippen molar-refractivity contribution >= 4 is 24.0 Å². The highest BCUT2D eigenvalue weighted by molar-refractivity contribution is 5.91. The smallest absolute Gasteiger partial charge is 0.227 e. The number of hydrogen-bond acceptors (Lipinski definition) is 3. The van der Waals surface area contributed by atoms with Crippen molar-refractivity contribution in [2.24, 2.45) is 5.73 Å². The maximum atomic E-state index is 13.4. The fourth-order valence-corrected chi connectivity index (χ4v) is 1.41. The fraction of sp³-hybridized carbons (Fsp3) is 0.417. The number of anilines is 1. The summed E-state index contributed by atoms with van der Waals surface area (Å²) >= 11 is 0. The summed E-state index contributed by atoms with van der Waals surface area (Å²) in [5, 5.41) is 2.50. The van der Waals surface area contributed by atoms with Gasteiger partial charge in [0.15, 0.2) is 0 Å². The molecule has 0 spiro atoms. The van der Waals surface area contributed by atoms with Gasteiger partial charge in [0.25, 0.3) is 0 Å². The first-order valence-corrected chi connectivity index (χ1v) is 5.35. The molecule has 0 heterocycles. The van der Waals surface area contributed by atoms with E-state index in [4.69, 9.17) is 10.5 Å². The van der Waals surface area contributed by atoms with Crippen LogP contribution in [-0.4, -0.2) is 25.7 Å². The van der Waals surface area contributed by atoms with E-state index in [0.29, 0.717) is 0 Å². The molecular weight excluding hydrogens is 259 g/mol. The van der Waals surface area contributed by atoms with Crippen LogP contribution < -0.4 is 11.1 Å². The van der Waals surface area contributed by atoms with Crippen LogP contribution in [0.25, 0.3) is 0 Å². The van der Waals surface area contributed by atoms with Gasteiger partial charge in [-0.25, -0.2) is 4.39 Å². The van der Waals surface area contributed by atoms with Crippen LogP contribution in [0.4, 0.5) is 10.1 Å². The Morgan fingerprint density at radius 3 is 2.78 bits per heavy atom. The molecule has 102 valence electrons. The van der Waals surface area contributed by atoms with E-state index in [-0.39, 0.29) is 43.1 Å². The van der Waals surface area contributed by atoms with Crippen LogP contribution in [0, 0.1) is 12.7 Å². The Labute approximate surface area is 112 Å². The highest BCUT2D eigenvalue weighted by Gasteiger charge is 2.13. The number of ether oxygens (including phenoxy) is 1. The van der Waals surface area contributed by atoms with E-state index in [0.717, 1.165) is 5.56 Å². The average molecular weight is 277 g/mol. The van der Waals surface area contributed by atoms with Gasteiger partial charge in [0.1, 0.15) is 5.82 Å². The summed E-state index contributed by atoms with van der Waals surface area (Å²) in [5.74, 6) is -0.766. The number of rotatable bonds is 5. The van der Waals surface area contributed by atoms with E-state index >= 15 is 0 Å². The summed E-state index contributed by atoms with van der Waals surface area (Å²) in [4.78, 5) is 11.6. The van der Waals surface area contributed by atoms with Gasteiger partial charge in [0.2, 0.25) is 5.91 Å². The molecule has 0 bridgehead atoms. The Morgan fingerprint density at radius 2 is 2.22 bits per heavy atom. The zero-order valence-electron chi connectivity index (χ0n) is 10.4. The molecule has 0 aliphatic rings. The molecule has 1 amide bonds. The van der Waals surface area contributed by atoms with E-state index in [1.807, 2.05) is 6.92 Å². The molecule has 1 atom stereocenters. The lowest BCUT2D eigenvalue weighted by Gasteiger charge is -2.13. The number of benzene rings is 1. The minimum atomic E-state index is -0.453. The van der Waals surface area contributed by atoms with Gasteiger partial charge >= 0.3 is 0 Å². The maximum Gasteiger partial charge on any atom is 0.227 e. The van der Waals surface area contributed by atoms with E-state index in [2.05, 4.69) is 5.32 Å². The van der Waals surface area contributed by atoms with Crippen molar-refractivity contribution in [2.45, 2.75) is 19.4 Å². The summed E-state index contributed by atoms with van der Waals surface area (Å²) < 4.78 is 18.3. The van der Waals surface area contributed by atoms with Gasteiger partial charge in [-0.3, -0.25) is 4.79 Å². The van der Waals surface area contributed by atoms with Crippen LogP contribution in [0.3, 0.4) is 0 Å². The van der Waals surface area contributed by atoms with Crippen LogP contribution in [0.15, 0.2) is 18.2 Å². The average Bonchev–Trinajstić information content (AvgIpc) is 2.31. The summed E-state index contributed by atoms with van der Waals surface area (Å²) in [6.45, 7) is 2.08. The van der Waals surface area contributed by atoms with Gasteiger partial charge in [-0.1, -0.05) is 6.07 Å². The number of carbonyl (C=O) groups excluding carboxylic acids is 1. The monoisotopic (exact) mass is 276 g/mol. The fourth-order valence-electron chi connectivity index (χ4n) is 1.41. The molecule has 0 aliphatic heterocycles. The zero-order valence-corrected chi connectivity index (χ0v) is 11.2. The number of nitrogens with two attached hydrogens (primary N) is 1. The molecule has 0 radical (unpaired) electrons. The molecule has 1 rings (SSSR count). The van der Waals surface area contributed by atoms with Crippen LogP contribution in [0.5, 0.6) is 0 Å². The SMILES string of the molecule is COC(CN)CC(=O)Nc1cc(C)ccc1F.Cl. The number of amides is 1. The molecule has 0 aliphatic carbocycles. The third-order valence-corrected chi connectivity index (χ3v) is 2.41. The third-order valence-electron chi connectivity index (χ3n) is 2.41. The second kappa shape index (κ2) is 8.02. The summed E-state index contributed by atoms with van der Waals surface area (Å²) in [7, 11) is 1.48. The normalized spacial score (nSPS) is 11.6. The molecule has 18 heavy (non-hydrogen) atoms. The maximum absolute atomic E-state index is 13.4. The third kappa shape index (κ3) is 5.00. The van der Waals surface area contributed by atoms with Gasteiger partial charge in [-0.15, -0.1) is 12.4 Å². The van der Waals surface area contributed by atoms with Gasteiger partial charge in [-0.05, 0) is 24.6 Å². The lowest BCUT2D eigenvalue weighted by Crippen LogP contribution is -2.28. The van der Waals surface area contributed by atoms with Crippen molar-refractivity contribution in [3.05, 3.63) is 29.6 Å². The largest absolute Gasteiger partial charge is 0.380 e. The van der Waals surface area contributed by atoms with Gasteiger partial charge in [0.05, 0.1) is 18.2 Å². The van der Waals surface area contributed by atoms with Crippen molar-refractivity contribution < 1.29 is 13.9 Å². The number of hydrogen-bond donors (Lipinski definition) is 2. The Bertz CT molecular complexity index is 398. The molecule has 1 aromatic carbocycles. The van der Waals surface area contributed by atoms with E-state index in [9.17, 15) is 9.18 Å². The predicted octanol–water partition coefficient (Wildman–Crippen LogP) is 1.86. The van der Waals surface area contributed by atoms with Crippen LogP contribution in [0.2, 0.25) is 0 Å². The highest BCUT2D eigenvalue weighted by Crippen LogP contribution is 2.16. The molecule has 1 aromatic rings. The first kappa shape index (κ1) is 16.8. The molecule has 0 saturated carbocycles. The number of halogens is 2. The molecular formula is C12H18ClFN2O2. The number of nitrogens with one attached hydrogen (secondary N) is 1. The van der Waals surface area contributed by atoms with E-state index in [1.54, 1.807) is 12.1 Å². The standard InChI is InChI=1S/C12H17FN2O2.ClH/c1-8-3-4-10(13)11(5-8)15-12(16)6-9(7-14)17-2;/h3-5,9H,6-7,14H2,1-2H3,(H,15,16);1H. The van der Waals surface area contributed by atoms with Gasteiger partial charge in [0, 0.05) is 13.7 Å². The Morgan fingerprint density at radius 1 is 1.56 bits per heavy atom.